The van der Waals surface area contributed by atoms with Gasteiger partial charge in [0.05, 0.1) is 28.6 Å². The summed E-state index contributed by atoms with van der Waals surface area (Å²) in [6.45, 7) is 0.397. The Kier molecular flexibility index (Phi) is 5.21. The third-order valence-electron chi connectivity index (χ3n) is 4.79. The number of carbonyl (C=O) groups is 1. The number of amides is 1. The molecule has 12 heteroatoms. The molecule has 0 N–H and O–H groups in total. The number of furan rings is 1. The van der Waals surface area contributed by atoms with Gasteiger partial charge in [-0.2, -0.15) is 18.3 Å². The van der Waals surface area contributed by atoms with Gasteiger partial charge < -0.3 is 8.94 Å². The minimum Gasteiger partial charge on any atom is -0.461 e. The van der Waals surface area contributed by atoms with E-state index in [1.807, 2.05) is 0 Å². The largest absolute Gasteiger partial charge is 0.461 e. The number of fused-ring (bicyclic) bond motifs is 1. The van der Waals surface area contributed by atoms with Crippen molar-refractivity contribution in [1.29, 1.82) is 0 Å². The Hall–Kier alpha value is -3.93. The van der Waals surface area contributed by atoms with Crippen molar-refractivity contribution in [3.8, 4) is 11.5 Å². The fraction of sp³-hybridized carbons (Fsp3) is 0.143. The predicted molar refractivity (Wildman–Crippen MR) is 113 cm³/mol. The van der Waals surface area contributed by atoms with Gasteiger partial charge in [0.2, 0.25) is 5.76 Å². The molecule has 0 saturated carbocycles. The molecule has 4 aromatic heterocycles. The maximum Gasteiger partial charge on any atom is 0.418 e. The zero-order chi connectivity index (χ0) is 23.0. The quantitative estimate of drug-likeness (QED) is 0.341. The predicted octanol–water partition coefficient (Wildman–Crippen LogP) is 5.11. The molecule has 8 nitrogen and oxygen atoms in total. The van der Waals surface area contributed by atoms with Crippen LogP contribution < -0.4 is 4.90 Å². The Morgan fingerprint density at radius 2 is 2.03 bits per heavy atom. The Labute approximate surface area is 187 Å². The number of halogens is 3. The van der Waals surface area contributed by atoms with Crippen LogP contribution in [0.1, 0.15) is 16.1 Å². The molecule has 5 rings (SSSR count). The SMILES string of the molecule is O=C(c1cc(-c2ccco2)on1)N(CCn1cccn1)c1nc2c(C(F)(F)F)cccc2s1. The van der Waals surface area contributed by atoms with Crippen molar-refractivity contribution in [2.45, 2.75) is 12.7 Å². The number of hydrogen-bond donors (Lipinski definition) is 0. The van der Waals surface area contributed by atoms with Gasteiger partial charge in [0, 0.05) is 25.0 Å². The maximum absolute atomic E-state index is 13.5. The summed E-state index contributed by atoms with van der Waals surface area (Å²) in [5.74, 6) is 0.0646. The average Bonchev–Trinajstić information content (AvgIpc) is 3.59. The van der Waals surface area contributed by atoms with E-state index in [0.29, 0.717) is 17.0 Å². The summed E-state index contributed by atoms with van der Waals surface area (Å²) in [6, 6.07) is 10.3. The lowest BCUT2D eigenvalue weighted by Crippen LogP contribution is -2.34. The molecule has 5 aromatic rings. The molecule has 168 valence electrons. The van der Waals surface area contributed by atoms with E-state index in [-0.39, 0.29) is 28.6 Å². The molecule has 0 spiro atoms. The highest BCUT2D eigenvalue weighted by molar-refractivity contribution is 7.22. The number of para-hydroxylation sites is 1. The summed E-state index contributed by atoms with van der Waals surface area (Å²) in [5.41, 5.74) is -1.10. The zero-order valence-electron chi connectivity index (χ0n) is 16.7. The summed E-state index contributed by atoms with van der Waals surface area (Å²) in [7, 11) is 0. The van der Waals surface area contributed by atoms with Crippen LogP contribution in [0.4, 0.5) is 18.3 Å². The van der Waals surface area contributed by atoms with Gasteiger partial charge >= 0.3 is 6.18 Å². The standard InChI is InChI=1S/C21H14F3N5O3S/c22-21(23,24)13-4-1-6-17-18(13)26-20(33-17)29(10-9-28-8-3-7-25-28)19(30)14-12-16(32-27-14)15-5-2-11-31-15/h1-8,11-12H,9-10H2. The van der Waals surface area contributed by atoms with Gasteiger partial charge in [0.15, 0.2) is 16.6 Å². The van der Waals surface area contributed by atoms with E-state index < -0.39 is 17.6 Å². The van der Waals surface area contributed by atoms with Gasteiger partial charge in [0.1, 0.15) is 0 Å². The van der Waals surface area contributed by atoms with Crippen molar-refractivity contribution >= 4 is 32.6 Å². The molecule has 0 aliphatic heterocycles. The summed E-state index contributed by atoms with van der Waals surface area (Å²) < 4.78 is 52.8. The first-order valence-corrected chi connectivity index (χ1v) is 10.5. The molecule has 0 aliphatic rings. The number of carbonyl (C=O) groups excluding carboxylic acids is 1. The molecule has 0 aliphatic carbocycles. The van der Waals surface area contributed by atoms with Crippen LogP contribution in [-0.2, 0) is 12.7 Å². The van der Waals surface area contributed by atoms with E-state index in [4.69, 9.17) is 8.94 Å². The topological polar surface area (TPSA) is 90.2 Å². The number of thiazole rings is 1. The molecule has 4 heterocycles. The number of anilines is 1. The van der Waals surface area contributed by atoms with Gasteiger partial charge in [-0.1, -0.05) is 22.6 Å². The highest BCUT2D eigenvalue weighted by Gasteiger charge is 2.34. The van der Waals surface area contributed by atoms with E-state index in [1.54, 1.807) is 35.3 Å². The van der Waals surface area contributed by atoms with Crippen LogP contribution in [0, 0.1) is 0 Å². The second-order valence-electron chi connectivity index (χ2n) is 6.93. The fourth-order valence-corrected chi connectivity index (χ4v) is 4.27. The zero-order valence-corrected chi connectivity index (χ0v) is 17.5. The molecule has 33 heavy (non-hydrogen) atoms. The molecule has 1 amide bonds. The molecule has 0 atom stereocenters. The number of rotatable bonds is 6. The fourth-order valence-electron chi connectivity index (χ4n) is 3.25. The van der Waals surface area contributed by atoms with Crippen LogP contribution in [0.5, 0.6) is 0 Å². The minimum atomic E-state index is -4.57. The Balaban J connectivity index is 1.52. The molecule has 0 unspecified atom stereocenters. The Morgan fingerprint density at radius 3 is 2.76 bits per heavy atom. The van der Waals surface area contributed by atoms with Crippen LogP contribution >= 0.6 is 11.3 Å². The third kappa shape index (κ3) is 4.12. The summed E-state index contributed by atoms with van der Waals surface area (Å²) in [5, 5.41) is 8.04. The van der Waals surface area contributed by atoms with Crippen LogP contribution in [0.15, 0.2) is 70.1 Å². The van der Waals surface area contributed by atoms with Crippen LogP contribution in [0.25, 0.3) is 21.7 Å². The number of nitrogens with zero attached hydrogens (tertiary/aromatic N) is 5. The lowest BCUT2D eigenvalue weighted by Gasteiger charge is -2.18. The van der Waals surface area contributed by atoms with E-state index in [2.05, 4.69) is 15.2 Å². The van der Waals surface area contributed by atoms with Crippen molar-refractivity contribution in [2.24, 2.45) is 0 Å². The number of alkyl halides is 3. The molecule has 1 aromatic carbocycles. The van der Waals surface area contributed by atoms with Crippen molar-refractivity contribution in [3.63, 3.8) is 0 Å². The van der Waals surface area contributed by atoms with E-state index in [0.717, 1.165) is 17.4 Å². The number of aromatic nitrogens is 4. The average molecular weight is 473 g/mol. The van der Waals surface area contributed by atoms with Gasteiger partial charge in [-0.15, -0.1) is 0 Å². The van der Waals surface area contributed by atoms with Crippen molar-refractivity contribution in [3.05, 3.63) is 72.4 Å². The van der Waals surface area contributed by atoms with Gasteiger partial charge in [-0.25, -0.2) is 4.98 Å². The monoisotopic (exact) mass is 473 g/mol. The Bertz CT molecular complexity index is 1390. The summed E-state index contributed by atoms with van der Waals surface area (Å²) >= 11 is 0.988. The van der Waals surface area contributed by atoms with Crippen LogP contribution in [-0.4, -0.2) is 32.4 Å². The van der Waals surface area contributed by atoms with E-state index in [9.17, 15) is 18.0 Å². The van der Waals surface area contributed by atoms with Gasteiger partial charge in [-0.3, -0.25) is 14.4 Å². The van der Waals surface area contributed by atoms with Crippen LogP contribution in [0.2, 0.25) is 0 Å². The minimum absolute atomic E-state index is 0.0304. The Morgan fingerprint density at radius 1 is 1.15 bits per heavy atom. The van der Waals surface area contributed by atoms with Crippen LogP contribution in [0.3, 0.4) is 0 Å². The third-order valence-corrected chi connectivity index (χ3v) is 5.84. The molecule has 0 radical (unpaired) electrons. The molecule has 0 saturated heterocycles. The molecule has 0 fully saturated rings. The summed E-state index contributed by atoms with van der Waals surface area (Å²) in [4.78, 5) is 18.8. The number of hydrogen-bond acceptors (Lipinski definition) is 7. The molecule has 0 bridgehead atoms. The lowest BCUT2D eigenvalue weighted by atomic mass is 10.2. The van der Waals surface area contributed by atoms with E-state index in [1.165, 1.54) is 29.4 Å². The number of benzene rings is 1. The highest BCUT2D eigenvalue weighted by atomic mass is 32.1. The van der Waals surface area contributed by atoms with Gasteiger partial charge in [0.25, 0.3) is 5.91 Å². The smallest absolute Gasteiger partial charge is 0.418 e. The van der Waals surface area contributed by atoms with Crippen molar-refractivity contribution < 1.29 is 26.9 Å². The second kappa shape index (κ2) is 8.20. The van der Waals surface area contributed by atoms with E-state index >= 15 is 0 Å². The summed E-state index contributed by atoms with van der Waals surface area (Å²) in [6.07, 6.45) is 0.189. The lowest BCUT2D eigenvalue weighted by molar-refractivity contribution is -0.136. The van der Waals surface area contributed by atoms with Gasteiger partial charge in [-0.05, 0) is 30.3 Å². The first-order valence-electron chi connectivity index (χ1n) is 9.67. The van der Waals surface area contributed by atoms with Crippen molar-refractivity contribution in [1.82, 2.24) is 19.9 Å². The van der Waals surface area contributed by atoms with Crippen molar-refractivity contribution in [2.75, 3.05) is 11.4 Å². The second-order valence-corrected chi connectivity index (χ2v) is 7.94. The first-order chi connectivity index (χ1) is 15.9. The first kappa shape index (κ1) is 20.9. The highest BCUT2D eigenvalue weighted by Crippen LogP contribution is 2.38. The molecular formula is C21H14F3N5O3S. The maximum atomic E-state index is 13.5. The normalized spacial score (nSPS) is 11.8. The molecular weight excluding hydrogens is 459 g/mol.